The molecule has 2 rings (SSSR count). The summed E-state index contributed by atoms with van der Waals surface area (Å²) in [7, 11) is 2.12. The Morgan fingerprint density at radius 2 is 2.20 bits per heavy atom. The van der Waals surface area contributed by atoms with Crippen LogP contribution < -0.4 is 5.32 Å². The molecule has 20 heavy (non-hydrogen) atoms. The minimum atomic E-state index is -0.115. The highest BCUT2D eigenvalue weighted by Gasteiger charge is 2.23. The summed E-state index contributed by atoms with van der Waals surface area (Å²) in [6.07, 6.45) is 2.25. The Kier molecular flexibility index (Phi) is 4.70. The second kappa shape index (κ2) is 6.31. The second-order valence-corrected chi connectivity index (χ2v) is 5.98. The van der Waals surface area contributed by atoms with E-state index in [0.717, 1.165) is 37.4 Å². The highest BCUT2D eigenvalue weighted by Crippen LogP contribution is 2.23. The number of likely N-dealkylation sites (N-methyl/N-ethyl adjacent to an activating group) is 1. The van der Waals surface area contributed by atoms with E-state index < -0.39 is 0 Å². The van der Waals surface area contributed by atoms with Gasteiger partial charge in [-0.15, -0.1) is 0 Å². The minimum Gasteiger partial charge on any atom is -0.349 e. The average molecular weight is 276 g/mol. The van der Waals surface area contributed by atoms with Crippen molar-refractivity contribution in [1.29, 1.82) is 0 Å². The van der Waals surface area contributed by atoms with Crippen LogP contribution in [0.25, 0.3) is 0 Å². The molecule has 1 amide bonds. The summed E-state index contributed by atoms with van der Waals surface area (Å²) in [4.78, 5) is 23.4. The number of amides is 1. The van der Waals surface area contributed by atoms with E-state index in [0.29, 0.717) is 11.6 Å². The normalized spacial score (nSPS) is 20.1. The van der Waals surface area contributed by atoms with Gasteiger partial charge in [-0.05, 0) is 53.3 Å². The fourth-order valence-electron chi connectivity index (χ4n) is 2.60. The first kappa shape index (κ1) is 14.9. The number of nitrogens with zero attached hydrogens (tertiary/aromatic N) is 3. The van der Waals surface area contributed by atoms with Crippen molar-refractivity contribution >= 4 is 5.91 Å². The van der Waals surface area contributed by atoms with Crippen LogP contribution in [0.4, 0.5) is 0 Å². The van der Waals surface area contributed by atoms with Crippen molar-refractivity contribution in [2.75, 3.05) is 20.1 Å². The first-order chi connectivity index (χ1) is 9.45. The molecule has 1 N–H and O–H groups in total. The van der Waals surface area contributed by atoms with Gasteiger partial charge in [0.05, 0.1) is 0 Å². The first-order valence-corrected chi connectivity index (χ1v) is 7.30. The van der Waals surface area contributed by atoms with Crippen LogP contribution in [0, 0.1) is 6.92 Å². The molecular weight excluding hydrogens is 252 g/mol. The van der Waals surface area contributed by atoms with Crippen molar-refractivity contribution in [2.45, 2.75) is 45.6 Å². The lowest BCUT2D eigenvalue weighted by Gasteiger charge is -2.28. The van der Waals surface area contributed by atoms with E-state index in [4.69, 9.17) is 0 Å². The third-order valence-electron chi connectivity index (χ3n) is 3.51. The van der Waals surface area contributed by atoms with Gasteiger partial charge in [-0.1, -0.05) is 0 Å². The molecule has 1 atom stereocenters. The van der Waals surface area contributed by atoms with Gasteiger partial charge in [-0.25, -0.2) is 9.97 Å². The lowest BCUT2D eigenvalue weighted by Crippen LogP contribution is -2.33. The summed E-state index contributed by atoms with van der Waals surface area (Å²) in [5, 5.41) is 2.89. The summed E-state index contributed by atoms with van der Waals surface area (Å²) in [5.41, 5.74) is 1.34. The van der Waals surface area contributed by atoms with Gasteiger partial charge in [0.1, 0.15) is 11.5 Å². The van der Waals surface area contributed by atoms with Crippen LogP contribution in [0.1, 0.15) is 54.6 Å². The fraction of sp³-hybridized carbons (Fsp3) is 0.667. The predicted molar refractivity (Wildman–Crippen MR) is 78.8 cm³/mol. The van der Waals surface area contributed by atoms with Crippen LogP contribution in [0.15, 0.2) is 6.07 Å². The number of aryl methyl sites for hydroxylation is 1. The van der Waals surface area contributed by atoms with Crippen molar-refractivity contribution in [3.05, 3.63) is 23.3 Å². The molecule has 110 valence electrons. The molecule has 1 aromatic heterocycles. The van der Waals surface area contributed by atoms with E-state index in [1.807, 2.05) is 20.8 Å². The molecule has 2 heterocycles. The molecule has 5 nitrogen and oxygen atoms in total. The van der Waals surface area contributed by atoms with Crippen LogP contribution in [0.2, 0.25) is 0 Å². The second-order valence-electron chi connectivity index (χ2n) is 5.98. The molecule has 0 radical (unpaired) electrons. The van der Waals surface area contributed by atoms with Gasteiger partial charge in [0, 0.05) is 24.2 Å². The maximum atomic E-state index is 12.1. The van der Waals surface area contributed by atoms with E-state index in [9.17, 15) is 4.79 Å². The Morgan fingerprint density at radius 3 is 2.85 bits per heavy atom. The van der Waals surface area contributed by atoms with E-state index in [2.05, 4.69) is 27.2 Å². The monoisotopic (exact) mass is 276 g/mol. The number of rotatable bonds is 3. The van der Waals surface area contributed by atoms with E-state index >= 15 is 0 Å². The van der Waals surface area contributed by atoms with Crippen molar-refractivity contribution in [2.24, 2.45) is 0 Å². The molecule has 1 aliphatic heterocycles. The van der Waals surface area contributed by atoms with Crippen molar-refractivity contribution in [3.63, 3.8) is 0 Å². The van der Waals surface area contributed by atoms with Crippen LogP contribution in [-0.4, -0.2) is 47.0 Å². The summed E-state index contributed by atoms with van der Waals surface area (Å²) in [6.45, 7) is 7.91. The molecule has 1 aliphatic rings. The number of hydrogen-bond acceptors (Lipinski definition) is 4. The predicted octanol–water partition coefficient (Wildman–Crippen LogP) is 1.73. The van der Waals surface area contributed by atoms with Gasteiger partial charge in [0.25, 0.3) is 5.91 Å². The largest absolute Gasteiger partial charge is 0.349 e. The summed E-state index contributed by atoms with van der Waals surface area (Å²) < 4.78 is 0. The van der Waals surface area contributed by atoms with Crippen molar-refractivity contribution in [1.82, 2.24) is 20.2 Å². The van der Waals surface area contributed by atoms with Gasteiger partial charge in [0.2, 0.25) is 0 Å². The van der Waals surface area contributed by atoms with E-state index in [1.165, 1.54) is 0 Å². The SMILES string of the molecule is Cc1cc(C(=O)NC(C)C)nc([C@H]2CCCN(C)C2)n1. The van der Waals surface area contributed by atoms with E-state index in [-0.39, 0.29) is 11.9 Å². The molecule has 1 fully saturated rings. The summed E-state index contributed by atoms with van der Waals surface area (Å²) in [5.74, 6) is 1.03. The van der Waals surface area contributed by atoms with Crippen LogP contribution in [0.3, 0.4) is 0 Å². The van der Waals surface area contributed by atoms with Gasteiger partial charge in [-0.2, -0.15) is 0 Å². The molecule has 0 aromatic carbocycles. The average Bonchev–Trinajstić information content (AvgIpc) is 2.37. The Bertz CT molecular complexity index is 487. The Hall–Kier alpha value is -1.49. The minimum absolute atomic E-state index is 0.113. The van der Waals surface area contributed by atoms with Gasteiger partial charge >= 0.3 is 0 Å². The Morgan fingerprint density at radius 1 is 1.45 bits per heavy atom. The third-order valence-corrected chi connectivity index (χ3v) is 3.51. The lowest BCUT2D eigenvalue weighted by atomic mass is 9.97. The number of carbonyl (C=O) groups excluding carboxylic acids is 1. The standard InChI is InChI=1S/C15H24N4O/c1-10(2)16-15(20)13-8-11(3)17-14(18-13)12-6-5-7-19(4)9-12/h8,10,12H,5-7,9H2,1-4H3,(H,16,20)/t12-/m0/s1. The maximum absolute atomic E-state index is 12.1. The zero-order valence-electron chi connectivity index (χ0n) is 12.8. The van der Waals surface area contributed by atoms with Crippen LogP contribution in [-0.2, 0) is 0 Å². The molecule has 0 aliphatic carbocycles. The topological polar surface area (TPSA) is 58.1 Å². The summed E-state index contributed by atoms with van der Waals surface area (Å²) in [6, 6.07) is 1.87. The van der Waals surface area contributed by atoms with Crippen molar-refractivity contribution < 1.29 is 4.79 Å². The molecule has 0 saturated carbocycles. The smallest absolute Gasteiger partial charge is 0.270 e. The first-order valence-electron chi connectivity index (χ1n) is 7.30. The molecular formula is C15H24N4O. The highest BCUT2D eigenvalue weighted by atomic mass is 16.1. The fourth-order valence-corrected chi connectivity index (χ4v) is 2.60. The number of nitrogens with one attached hydrogen (secondary N) is 1. The molecule has 0 spiro atoms. The number of hydrogen-bond donors (Lipinski definition) is 1. The highest BCUT2D eigenvalue weighted by molar-refractivity contribution is 5.92. The number of aromatic nitrogens is 2. The van der Waals surface area contributed by atoms with Gasteiger partial charge in [0.15, 0.2) is 0 Å². The maximum Gasteiger partial charge on any atom is 0.270 e. The third kappa shape index (κ3) is 3.76. The lowest BCUT2D eigenvalue weighted by molar-refractivity contribution is 0.0937. The van der Waals surface area contributed by atoms with Gasteiger partial charge < -0.3 is 10.2 Å². The Labute approximate surface area is 120 Å². The van der Waals surface area contributed by atoms with Crippen molar-refractivity contribution in [3.8, 4) is 0 Å². The molecule has 0 unspecified atom stereocenters. The van der Waals surface area contributed by atoms with Crippen LogP contribution >= 0.6 is 0 Å². The zero-order valence-corrected chi connectivity index (χ0v) is 12.8. The molecule has 0 bridgehead atoms. The summed E-state index contributed by atoms with van der Waals surface area (Å²) >= 11 is 0. The molecule has 1 saturated heterocycles. The molecule has 5 heteroatoms. The quantitative estimate of drug-likeness (QED) is 0.913. The number of piperidine rings is 1. The van der Waals surface area contributed by atoms with Crippen LogP contribution in [0.5, 0.6) is 0 Å². The zero-order chi connectivity index (χ0) is 14.7. The van der Waals surface area contributed by atoms with Gasteiger partial charge in [-0.3, -0.25) is 4.79 Å². The number of likely N-dealkylation sites (tertiary alicyclic amines) is 1. The van der Waals surface area contributed by atoms with E-state index in [1.54, 1.807) is 6.07 Å². The molecule has 1 aromatic rings. The number of carbonyl (C=O) groups is 1. The Balaban J connectivity index is 2.21.